The van der Waals surface area contributed by atoms with Gasteiger partial charge in [-0.05, 0) is 48.4 Å². The van der Waals surface area contributed by atoms with Gasteiger partial charge in [0.15, 0.2) is 15.6 Å². The maximum Gasteiger partial charge on any atom is 0.416 e. The summed E-state index contributed by atoms with van der Waals surface area (Å²) < 4.78 is 68.0. The molecule has 2 aromatic carbocycles. The fourth-order valence-electron chi connectivity index (χ4n) is 4.10. The normalized spacial score (nSPS) is 12.9. The van der Waals surface area contributed by atoms with Gasteiger partial charge < -0.3 is 4.98 Å². The Hall–Kier alpha value is -3.40. The fourth-order valence-corrected chi connectivity index (χ4v) is 5.55. The maximum absolute atomic E-state index is 13.4. The minimum atomic E-state index is -4.52. The topological polar surface area (TPSA) is 84.8 Å². The van der Waals surface area contributed by atoms with Crippen LogP contribution in [0.3, 0.4) is 0 Å². The van der Waals surface area contributed by atoms with Gasteiger partial charge in [-0.25, -0.2) is 8.42 Å². The molecule has 2 heterocycles. The quantitative estimate of drug-likeness (QED) is 0.333. The second-order valence-corrected chi connectivity index (χ2v) is 11.7. The Balaban J connectivity index is 1.74. The Labute approximate surface area is 207 Å². The van der Waals surface area contributed by atoms with E-state index in [4.69, 9.17) is 0 Å². The molecular weight excluding hydrogens is 491 g/mol. The molecule has 0 spiro atoms. The van der Waals surface area contributed by atoms with E-state index in [0.717, 1.165) is 6.07 Å². The lowest BCUT2D eigenvalue weighted by Crippen LogP contribution is -2.21. The molecule has 1 N–H and O–H groups in total. The number of aromatic nitrogens is 3. The monoisotopic (exact) mass is 517 g/mol. The van der Waals surface area contributed by atoms with Crippen LogP contribution in [0.1, 0.15) is 53.6 Å². The van der Waals surface area contributed by atoms with Gasteiger partial charge >= 0.3 is 6.18 Å². The molecule has 0 bridgehead atoms. The highest BCUT2D eigenvalue weighted by molar-refractivity contribution is 7.92. The molecule has 0 aliphatic heterocycles. The van der Waals surface area contributed by atoms with E-state index in [0.29, 0.717) is 22.2 Å². The van der Waals surface area contributed by atoms with E-state index in [1.807, 2.05) is 20.8 Å². The number of fused-ring (bicyclic) bond motifs is 1. The van der Waals surface area contributed by atoms with Gasteiger partial charge in [-0.2, -0.15) is 18.3 Å². The number of rotatable bonds is 6. The average molecular weight is 518 g/mol. The van der Waals surface area contributed by atoms with Crippen LogP contribution in [0.4, 0.5) is 13.2 Å². The van der Waals surface area contributed by atoms with Gasteiger partial charge in [0.2, 0.25) is 0 Å². The zero-order valence-corrected chi connectivity index (χ0v) is 21.1. The number of carbonyl (C=O) groups is 1. The molecule has 0 fully saturated rings. The first-order valence-electron chi connectivity index (χ1n) is 11.2. The first-order chi connectivity index (χ1) is 16.7. The van der Waals surface area contributed by atoms with Gasteiger partial charge in [-0.3, -0.25) is 9.48 Å². The third kappa shape index (κ3) is 4.95. The molecule has 0 aliphatic carbocycles. The molecule has 36 heavy (non-hydrogen) atoms. The summed E-state index contributed by atoms with van der Waals surface area (Å²) in [6, 6.07) is 11.8. The molecule has 0 atom stereocenters. The molecule has 190 valence electrons. The smallest absolute Gasteiger partial charge is 0.361 e. The van der Waals surface area contributed by atoms with Crippen LogP contribution in [0.25, 0.3) is 10.9 Å². The van der Waals surface area contributed by atoms with E-state index >= 15 is 0 Å². The van der Waals surface area contributed by atoms with Crippen molar-refractivity contribution in [2.45, 2.75) is 50.7 Å². The number of halogens is 3. The fraction of sp³-hybridized carbons (Fsp3) is 0.308. The second-order valence-electron chi connectivity index (χ2n) is 9.79. The number of carbonyl (C=O) groups excluding carboxylic acids is 1. The van der Waals surface area contributed by atoms with Crippen molar-refractivity contribution in [2.24, 2.45) is 0 Å². The number of hydrogen-bond acceptors (Lipinski definition) is 4. The number of nitrogens with one attached hydrogen (secondary N) is 1. The van der Waals surface area contributed by atoms with E-state index < -0.39 is 38.5 Å². The lowest BCUT2D eigenvalue weighted by atomic mass is 9.92. The van der Waals surface area contributed by atoms with Crippen molar-refractivity contribution in [3.63, 3.8) is 0 Å². The van der Waals surface area contributed by atoms with Crippen LogP contribution in [-0.4, -0.2) is 34.7 Å². The Morgan fingerprint density at radius 3 is 2.42 bits per heavy atom. The van der Waals surface area contributed by atoms with Crippen molar-refractivity contribution in [2.75, 3.05) is 5.75 Å². The molecule has 0 saturated carbocycles. The molecule has 0 saturated heterocycles. The predicted molar refractivity (Wildman–Crippen MR) is 131 cm³/mol. The molecule has 6 nitrogen and oxygen atoms in total. The van der Waals surface area contributed by atoms with Crippen molar-refractivity contribution in [1.29, 1.82) is 0 Å². The highest BCUT2D eigenvalue weighted by atomic mass is 32.2. The van der Waals surface area contributed by atoms with Gasteiger partial charge in [0, 0.05) is 22.5 Å². The molecule has 0 radical (unpaired) electrons. The van der Waals surface area contributed by atoms with Gasteiger partial charge in [-0.15, -0.1) is 0 Å². The number of H-pyrrole nitrogens is 1. The molecule has 0 amide bonds. The van der Waals surface area contributed by atoms with Crippen LogP contribution in [0.5, 0.6) is 0 Å². The van der Waals surface area contributed by atoms with Gasteiger partial charge in [0.05, 0.1) is 22.7 Å². The standard InChI is InChI=1S/C26H26F3N3O3S/c1-16-17(7-5-8-19(16)26(27,28)29)14-32-21(13-24(31-32)25(2,3)4)22(33)15-36(34,35)23-10-6-9-20-18(23)11-12-30-20/h5-13,30H,14-15H2,1-4H3. The summed E-state index contributed by atoms with van der Waals surface area (Å²) in [4.78, 5) is 16.3. The van der Waals surface area contributed by atoms with Crippen LogP contribution in [0.2, 0.25) is 0 Å². The summed E-state index contributed by atoms with van der Waals surface area (Å²) in [5, 5.41) is 4.97. The average Bonchev–Trinajstić information content (AvgIpc) is 3.40. The Bertz CT molecular complexity index is 1560. The Morgan fingerprint density at radius 2 is 1.75 bits per heavy atom. The van der Waals surface area contributed by atoms with Crippen LogP contribution in [0.15, 0.2) is 59.6 Å². The predicted octanol–water partition coefficient (Wildman–Crippen LogP) is 5.69. The van der Waals surface area contributed by atoms with E-state index in [2.05, 4.69) is 10.1 Å². The highest BCUT2D eigenvalue weighted by Crippen LogP contribution is 2.33. The first-order valence-corrected chi connectivity index (χ1v) is 12.9. The molecule has 2 aromatic heterocycles. The van der Waals surface area contributed by atoms with Crippen LogP contribution < -0.4 is 0 Å². The van der Waals surface area contributed by atoms with Crippen LogP contribution in [-0.2, 0) is 28.0 Å². The van der Waals surface area contributed by atoms with Crippen LogP contribution in [0, 0.1) is 6.92 Å². The Kier molecular flexibility index (Phi) is 6.36. The zero-order valence-electron chi connectivity index (χ0n) is 20.3. The lowest BCUT2D eigenvalue weighted by Gasteiger charge is -2.16. The number of alkyl halides is 3. The van der Waals surface area contributed by atoms with E-state index in [-0.39, 0.29) is 22.7 Å². The van der Waals surface area contributed by atoms with Gasteiger partial charge in [0.1, 0.15) is 11.4 Å². The summed E-state index contributed by atoms with van der Waals surface area (Å²) in [6.07, 6.45) is -2.90. The molecule has 0 unspecified atom stereocenters. The summed E-state index contributed by atoms with van der Waals surface area (Å²) in [5.41, 5.74) is 0.313. The molecular formula is C26H26F3N3O3S. The number of Topliss-reactive ketones (excluding diaryl/α,β-unsaturated/α-hetero) is 1. The Morgan fingerprint density at radius 1 is 1.06 bits per heavy atom. The van der Waals surface area contributed by atoms with Crippen molar-refractivity contribution in [3.8, 4) is 0 Å². The number of nitrogens with zero attached hydrogens (tertiary/aromatic N) is 2. The summed E-state index contributed by atoms with van der Waals surface area (Å²) in [5.74, 6) is -1.48. The van der Waals surface area contributed by atoms with E-state index in [1.54, 1.807) is 30.5 Å². The number of aromatic amines is 1. The molecule has 4 rings (SSSR count). The SMILES string of the molecule is Cc1c(Cn2nc(C(C)(C)C)cc2C(=O)CS(=O)(=O)c2cccc3[nH]ccc23)cccc1C(F)(F)F. The summed E-state index contributed by atoms with van der Waals surface area (Å²) >= 11 is 0. The summed E-state index contributed by atoms with van der Waals surface area (Å²) in [6.45, 7) is 6.91. The first kappa shape index (κ1) is 25.7. The van der Waals surface area contributed by atoms with Crippen LogP contribution >= 0.6 is 0 Å². The number of hydrogen-bond donors (Lipinski definition) is 1. The number of ketones is 1. The third-order valence-corrected chi connectivity index (χ3v) is 7.79. The minimum absolute atomic E-state index is 0.0292. The van der Waals surface area contributed by atoms with Gasteiger partial charge in [0.25, 0.3) is 0 Å². The molecule has 0 aliphatic rings. The highest BCUT2D eigenvalue weighted by Gasteiger charge is 2.33. The lowest BCUT2D eigenvalue weighted by molar-refractivity contribution is -0.138. The largest absolute Gasteiger partial charge is 0.416 e. The van der Waals surface area contributed by atoms with Gasteiger partial charge in [-0.1, -0.05) is 39.0 Å². The minimum Gasteiger partial charge on any atom is -0.361 e. The zero-order chi connectivity index (χ0) is 26.5. The summed E-state index contributed by atoms with van der Waals surface area (Å²) in [7, 11) is -4.01. The van der Waals surface area contributed by atoms with Crippen molar-refractivity contribution in [3.05, 3.63) is 82.8 Å². The van der Waals surface area contributed by atoms with E-state index in [1.165, 1.54) is 29.8 Å². The molecule has 4 aromatic rings. The van der Waals surface area contributed by atoms with Crippen molar-refractivity contribution >= 4 is 26.5 Å². The van der Waals surface area contributed by atoms with E-state index in [9.17, 15) is 26.4 Å². The maximum atomic E-state index is 13.4. The second kappa shape index (κ2) is 8.92. The molecule has 10 heteroatoms. The van der Waals surface area contributed by atoms with Crippen molar-refractivity contribution < 1.29 is 26.4 Å². The third-order valence-electron chi connectivity index (χ3n) is 6.12. The number of sulfone groups is 1. The van der Waals surface area contributed by atoms with Crippen molar-refractivity contribution in [1.82, 2.24) is 14.8 Å². The number of benzene rings is 2.